The topological polar surface area (TPSA) is 32.3 Å². The standard InChI is InChI=1S/C22H21F3N4S/c1-30-19-8-2-16(3-9-19)20-14-26-15-21(27-20)29-12-10-28(11-13-29)18-6-4-17(5-7-18)22(23,24)25/h2-9,14-15H,10-13H2,1H3. The van der Waals surface area contributed by atoms with Crippen molar-refractivity contribution in [3.63, 3.8) is 0 Å². The molecule has 0 unspecified atom stereocenters. The zero-order valence-electron chi connectivity index (χ0n) is 16.4. The van der Waals surface area contributed by atoms with Gasteiger partial charge in [0.05, 0.1) is 23.7 Å². The molecule has 0 bridgehead atoms. The average Bonchev–Trinajstić information content (AvgIpc) is 2.79. The molecule has 156 valence electrons. The first kappa shape index (κ1) is 20.5. The molecular weight excluding hydrogens is 409 g/mol. The van der Waals surface area contributed by atoms with Crippen molar-refractivity contribution in [1.82, 2.24) is 9.97 Å². The number of piperazine rings is 1. The van der Waals surface area contributed by atoms with E-state index in [1.54, 1.807) is 24.2 Å². The smallest absolute Gasteiger partial charge is 0.368 e. The summed E-state index contributed by atoms with van der Waals surface area (Å²) in [4.78, 5) is 14.6. The predicted molar refractivity (Wildman–Crippen MR) is 115 cm³/mol. The summed E-state index contributed by atoms with van der Waals surface area (Å²) in [6.45, 7) is 2.87. The highest BCUT2D eigenvalue weighted by Crippen LogP contribution is 2.31. The van der Waals surface area contributed by atoms with E-state index in [9.17, 15) is 13.2 Å². The molecule has 1 aliphatic heterocycles. The van der Waals surface area contributed by atoms with Crippen LogP contribution in [0.25, 0.3) is 11.3 Å². The summed E-state index contributed by atoms with van der Waals surface area (Å²) in [6.07, 6.45) is 1.25. The minimum Gasteiger partial charge on any atom is -0.368 e. The number of nitrogens with zero attached hydrogens (tertiary/aromatic N) is 4. The van der Waals surface area contributed by atoms with Crippen LogP contribution in [-0.2, 0) is 6.18 Å². The fourth-order valence-electron chi connectivity index (χ4n) is 3.46. The second-order valence-electron chi connectivity index (χ2n) is 7.01. The van der Waals surface area contributed by atoms with Crippen LogP contribution in [-0.4, -0.2) is 42.4 Å². The zero-order chi connectivity index (χ0) is 21.1. The van der Waals surface area contributed by atoms with Gasteiger partial charge in [0, 0.05) is 42.3 Å². The van der Waals surface area contributed by atoms with Crippen LogP contribution in [0.3, 0.4) is 0 Å². The first-order valence-corrected chi connectivity index (χ1v) is 10.8. The SMILES string of the molecule is CSc1ccc(-c2cncc(N3CCN(c4ccc(C(F)(F)F)cc4)CC3)n2)cc1. The van der Waals surface area contributed by atoms with Crippen LogP contribution in [0.15, 0.2) is 65.8 Å². The highest BCUT2D eigenvalue weighted by molar-refractivity contribution is 7.98. The van der Waals surface area contributed by atoms with Crippen LogP contribution in [0.1, 0.15) is 5.56 Å². The Morgan fingerprint density at radius 2 is 1.47 bits per heavy atom. The van der Waals surface area contributed by atoms with E-state index in [2.05, 4.69) is 26.9 Å². The molecule has 0 radical (unpaired) electrons. The van der Waals surface area contributed by atoms with Gasteiger partial charge in [-0.25, -0.2) is 4.98 Å². The predicted octanol–water partition coefficient (Wildman–Crippen LogP) is 5.21. The lowest BCUT2D eigenvalue weighted by Gasteiger charge is -2.36. The number of anilines is 2. The Labute approximate surface area is 177 Å². The van der Waals surface area contributed by atoms with Crippen molar-refractivity contribution in [3.8, 4) is 11.3 Å². The maximum Gasteiger partial charge on any atom is 0.416 e. The summed E-state index contributed by atoms with van der Waals surface area (Å²) >= 11 is 1.69. The first-order valence-electron chi connectivity index (χ1n) is 9.58. The Kier molecular flexibility index (Phi) is 5.85. The molecule has 1 aromatic heterocycles. The van der Waals surface area contributed by atoms with Gasteiger partial charge in [-0.3, -0.25) is 4.98 Å². The molecule has 0 atom stereocenters. The second kappa shape index (κ2) is 8.55. The van der Waals surface area contributed by atoms with Gasteiger partial charge in [-0.15, -0.1) is 11.8 Å². The van der Waals surface area contributed by atoms with E-state index in [1.807, 2.05) is 18.4 Å². The van der Waals surface area contributed by atoms with E-state index >= 15 is 0 Å². The van der Waals surface area contributed by atoms with Gasteiger partial charge in [-0.05, 0) is 42.7 Å². The fraction of sp³-hybridized carbons (Fsp3) is 0.273. The van der Waals surface area contributed by atoms with Crippen molar-refractivity contribution in [2.24, 2.45) is 0 Å². The summed E-state index contributed by atoms with van der Waals surface area (Å²) in [6, 6.07) is 13.6. The van der Waals surface area contributed by atoms with Gasteiger partial charge in [-0.1, -0.05) is 12.1 Å². The number of aromatic nitrogens is 2. The van der Waals surface area contributed by atoms with Crippen LogP contribution in [0, 0.1) is 0 Å². The lowest BCUT2D eigenvalue weighted by atomic mass is 10.1. The first-order chi connectivity index (χ1) is 14.4. The van der Waals surface area contributed by atoms with Gasteiger partial charge < -0.3 is 9.80 Å². The molecule has 1 fully saturated rings. The van der Waals surface area contributed by atoms with Gasteiger partial charge in [0.1, 0.15) is 5.82 Å². The summed E-state index contributed by atoms with van der Waals surface area (Å²) < 4.78 is 38.3. The molecule has 2 heterocycles. The molecule has 0 spiro atoms. The molecule has 1 saturated heterocycles. The van der Waals surface area contributed by atoms with Crippen molar-refractivity contribution in [2.75, 3.05) is 42.2 Å². The third kappa shape index (κ3) is 4.53. The highest BCUT2D eigenvalue weighted by atomic mass is 32.2. The maximum absolute atomic E-state index is 12.8. The van der Waals surface area contributed by atoms with E-state index in [1.165, 1.54) is 17.0 Å². The highest BCUT2D eigenvalue weighted by Gasteiger charge is 2.30. The van der Waals surface area contributed by atoms with E-state index in [0.29, 0.717) is 13.1 Å². The molecule has 0 N–H and O–H groups in total. The Hall–Kier alpha value is -2.74. The molecule has 3 aromatic rings. The Morgan fingerprint density at radius 3 is 2.07 bits per heavy atom. The monoisotopic (exact) mass is 430 g/mol. The maximum atomic E-state index is 12.8. The van der Waals surface area contributed by atoms with Crippen molar-refractivity contribution in [1.29, 1.82) is 0 Å². The normalized spacial score (nSPS) is 14.8. The number of thioether (sulfide) groups is 1. The zero-order valence-corrected chi connectivity index (χ0v) is 17.2. The van der Waals surface area contributed by atoms with E-state index in [-0.39, 0.29) is 0 Å². The summed E-state index contributed by atoms with van der Waals surface area (Å²) in [5, 5.41) is 0. The largest absolute Gasteiger partial charge is 0.416 e. The number of halogens is 3. The van der Waals surface area contributed by atoms with Crippen molar-refractivity contribution in [3.05, 3.63) is 66.5 Å². The average molecular weight is 430 g/mol. The fourth-order valence-corrected chi connectivity index (χ4v) is 3.87. The molecule has 30 heavy (non-hydrogen) atoms. The molecule has 0 amide bonds. The third-order valence-corrected chi connectivity index (χ3v) is 5.91. The van der Waals surface area contributed by atoms with Gasteiger partial charge in [-0.2, -0.15) is 13.2 Å². The molecular formula is C22H21F3N4S. The molecule has 4 nitrogen and oxygen atoms in total. The van der Waals surface area contributed by atoms with Gasteiger partial charge >= 0.3 is 6.18 Å². The van der Waals surface area contributed by atoms with Crippen LogP contribution >= 0.6 is 11.8 Å². The number of benzene rings is 2. The summed E-state index contributed by atoms with van der Waals surface area (Å²) in [5.74, 6) is 0.813. The minimum atomic E-state index is -4.31. The third-order valence-electron chi connectivity index (χ3n) is 5.17. The quantitative estimate of drug-likeness (QED) is 0.531. The summed E-state index contributed by atoms with van der Waals surface area (Å²) in [7, 11) is 0. The Morgan fingerprint density at radius 1 is 0.833 bits per heavy atom. The molecule has 8 heteroatoms. The van der Waals surface area contributed by atoms with E-state index in [4.69, 9.17) is 4.98 Å². The van der Waals surface area contributed by atoms with Gasteiger partial charge in [0.25, 0.3) is 0 Å². The molecule has 4 rings (SSSR count). The van der Waals surface area contributed by atoms with Crippen LogP contribution in [0.2, 0.25) is 0 Å². The molecule has 0 aliphatic carbocycles. The van der Waals surface area contributed by atoms with E-state index < -0.39 is 11.7 Å². The number of hydrogen-bond acceptors (Lipinski definition) is 5. The van der Waals surface area contributed by atoms with Crippen LogP contribution in [0.5, 0.6) is 0 Å². The van der Waals surface area contributed by atoms with E-state index in [0.717, 1.165) is 48.0 Å². The molecule has 0 saturated carbocycles. The molecule has 2 aromatic carbocycles. The second-order valence-corrected chi connectivity index (χ2v) is 7.89. The minimum absolute atomic E-state index is 0.623. The van der Waals surface area contributed by atoms with Crippen LogP contribution < -0.4 is 9.80 Å². The van der Waals surface area contributed by atoms with Crippen LogP contribution in [0.4, 0.5) is 24.7 Å². The summed E-state index contributed by atoms with van der Waals surface area (Å²) in [5.41, 5.74) is 2.02. The molecule has 1 aliphatic rings. The van der Waals surface area contributed by atoms with Crippen molar-refractivity contribution < 1.29 is 13.2 Å². The van der Waals surface area contributed by atoms with Crippen molar-refractivity contribution >= 4 is 23.3 Å². The van der Waals surface area contributed by atoms with Gasteiger partial charge in [0.15, 0.2) is 0 Å². The Balaban J connectivity index is 1.43. The number of alkyl halides is 3. The van der Waals surface area contributed by atoms with Gasteiger partial charge in [0.2, 0.25) is 0 Å². The number of rotatable bonds is 4. The van der Waals surface area contributed by atoms with Crippen molar-refractivity contribution in [2.45, 2.75) is 11.1 Å². The number of hydrogen-bond donors (Lipinski definition) is 0. The lowest BCUT2D eigenvalue weighted by molar-refractivity contribution is -0.137. The Bertz CT molecular complexity index is 983. The lowest BCUT2D eigenvalue weighted by Crippen LogP contribution is -2.46.